The molecule has 3 fully saturated rings. The smallest absolute Gasteiger partial charge is 0.246 e. The minimum absolute atomic E-state index is 0.0752. The fraction of sp³-hybridized carbons (Fsp3) is 0.710. The standard InChI is InChI=1S/C31H47N5O5/c1-4-40-23-16-22-17-36(31(39)29(21-10-6-5-7-11-21)33-28(37)20-34(2)3)26(19-35(22)18-23)30(38)32-25-14-15-41-27-13-9-8-12-24(25)27/h8-9,12-13,21-23,25-26,29H,4-7,10-11,14-20H2,1-3H3,(H,32,38)(H,33,37)/t22-,23-,25-,26+,29+/m1/s1. The molecule has 0 unspecified atom stereocenters. The number of piperazine rings is 1. The summed E-state index contributed by atoms with van der Waals surface area (Å²) in [6, 6.07) is 6.49. The Morgan fingerprint density at radius 1 is 1.07 bits per heavy atom. The lowest BCUT2D eigenvalue weighted by Crippen LogP contribution is -2.66. The van der Waals surface area contributed by atoms with Crippen LogP contribution in [-0.4, -0.2) is 110 Å². The average Bonchev–Trinajstić information content (AvgIpc) is 3.37. The van der Waals surface area contributed by atoms with Crippen molar-refractivity contribution in [2.75, 3.05) is 53.5 Å². The molecule has 41 heavy (non-hydrogen) atoms. The molecule has 10 heteroatoms. The Bertz CT molecular complexity index is 1080. The monoisotopic (exact) mass is 569 g/mol. The summed E-state index contributed by atoms with van der Waals surface area (Å²) in [5.74, 6) is 0.429. The van der Waals surface area contributed by atoms with E-state index in [0.29, 0.717) is 32.7 Å². The van der Waals surface area contributed by atoms with Gasteiger partial charge in [0.1, 0.15) is 17.8 Å². The number of para-hydroxylation sites is 1. The summed E-state index contributed by atoms with van der Waals surface area (Å²) < 4.78 is 11.8. The number of carbonyl (C=O) groups is 3. The van der Waals surface area contributed by atoms with Crippen LogP contribution >= 0.6 is 0 Å². The number of hydrogen-bond donors (Lipinski definition) is 2. The van der Waals surface area contributed by atoms with Crippen LogP contribution in [0.15, 0.2) is 24.3 Å². The van der Waals surface area contributed by atoms with E-state index < -0.39 is 12.1 Å². The molecule has 0 spiro atoms. The molecule has 1 aromatic rings. The van der Waals surface area contributed by atoms with Gasteiger partial charge in [-0.25, -0.2) is 0 Å². The van der Waals surface area contributed by atoms with Crippen molar-refractivity contribution in [2.45, 2.75) is 82.1 Å². The quantitative estimate of drug-likeness (QED) is 0.469. The van der Waals surface area contributed by atoms with E-state index in [2.05, 4.69) is 15.5 Å². The maximum absolute atomic E-state index is 14.5. The molecule has 1 aromatic carbocycles. The third-order valence-electron chi connectivity index (χ3n) is 9.11. The van der Waals surface area contributed by atoms with Crippen LogP contribution in [0.5, 0.6) is 5.75 Å². The average molecular weight is 570 g/mol. The van der Waals surface area contributed by atoms with E-state index in [0.717, 1.165) is 56.4 Å². The molecule has 0 aromatic heterocycles. The fourth-order valence-corrected chi connectivity index (χ4v) is 7.14. The number of carbonyl (C=O) groups excluding carboxylic acids is 3. The fourth-order valence-electron chi connectivity index (χ4n) is 7.14. The molecule has 0 radical (unpaired) electrons. The first-order valence-corrected chi connectivity index (χ1v) is 15.5. The highest BCUT2D eigenvalue weighted by atomic mass is 16.5. The van der Waals surface area contributed by atoms with Crippen molar-refractivity contribution in [1.29, 1.82) is 0 Å². The van der Waals surface area contributed by atoms with Gasteiger partial charge in [0.05, 0.1) is 25.3 Å². The second-order valence-corrected chi connectivity index (χ2v) is 12.3. The Balaban J connectivity index is 1.39. The Morgan fingerprint density at radius 2 is 1.85 bits per heavy atom. The molecule has 5 atom stereocenters. The second-order valence-electron chi connectivity index (χ2n) is 12.3. The second kappa shape index (κ2) is 13.5. The maximum atomic E-state index is 14.5. The summed E-state index contributed by atoms with van der Waals surface area (Å²) in [7, 11) is 3.69. The van der Waals surface area contributed by atoms with Gasteiger partial charge < -0.3 is 29.9 Å². The molecule has 226 valence electrons. The number of ether oxygens (including phenoxy) is 2. The summed E-state index contributed by atoms with van der Waals surface area (Å²) in [6.45, 7) is 5.06. The number of nitrogens with zero attached hydrogens (tertiary/aromatic N) is 3. The Kier molecular flexibility index (Phi) is 9.83. The molecule has 1 saturated carbocycles. The zero-order chi connectivity index (χ0) is 28.9. The first kappa shape index (κ1) is 29.8. The summed E-state index contributed by atoms with van der Waals surface area (Å²) in [5, 5.41) is 6.37. The Morgan fingerprint density at radius 3 is 2.61 bits per heavy atom. The Hall–Kier alpha value is -2.69. The zero-order valence-electron chi connectivity index (χ0n) is 24.8. The van der Waals surface area contributed by atoms with Crippen LogP contribution in [0.1, 0.15) is 63.5 Å². The van der Waals surface area contributed by atoms with Crippen LogP contribution in [0.4, 0.5) is 0 Å². The van der Waals surface area contributed by atoms with Crippen molar-refractivity contribution in [1.82, 2.24) is 25.3 Å². The minimum atomic E-state index is -0.647. The lowest BCUT2D eigenvalue weighted by Gasteiger charge is -2.45. The van der Waals surface area contributed by atoms with Crippen molar-refractivity contribution >= 4 is 17.7 Å². The number of nitrogens with one attached hydrogen (secondary N) is 2. The van der Waals surface area contributed by atoms with Crippen LogP contribution in [-0.2, 0) is 19.1 Å². The van der Waals surface area contributed by atoms with Gasteiger partial charge in [-0.2, -0.15) is 0 Å². The van der Waals surface area contributed by atoms with Crippen LogP contribution in [0.3, 0.4) is 0 Å². The topological polar surface area (TPSA) is 103 Å². The lowest BCUT2D eigenvalue weighted by atomic mass is 9.83. The van der Waals surface area contributed by atoms with E-state index in [9.17, 15) is 14.4 Å². The number of likely N-dealkylation sites (N-methyl/N-ethyl adjacent to an activating group) is 1. The SMILES string of the molecule is CCO[C@@H]1C[C@@H]2CN(C(=O)[C@@H](NC(=O)CN(C)C)C3CCCCC3)[C@H](C(=O)N[C@@H]3CCOc4ccccc43)CN2C1. The van der Waals surface area contributed by atoms with Crippen molar-refractivity contribution in [3.63, 3.8) is 0 Å². The van der Waals surface area contributed by atoms with E-state index >= 15 is 0 Å². The molecular formula is C31H47N5O5. The largest absolute Gasteiger partial charge is 0.493 e. The van der Waals surface area contributed by atoms with Gasteiger partial charge in [0.15, 0.2) is 0 Å². The van der Waals surface area contributed by atoms with Gasteiger partial charge in [-0.05, 0) is 52.3 Å². The summed E-state index contributed by atoms with van der Waals surface area (Å²) >= 11 is 0. The highest BCUT2D eigenvalue weighted by molar-refractivity contribution is 5.93. The van der Waals surface area contributed by atoms with Crippen LogP contribution < -0.4 is 15.4 Å². The molecule has 10 nitrogen and oxygen atoms in total. The molecule has 1 aliphatic carbocycles. The van der Waals surface area contributed by atoms with Crippen molar-refractivity contribution < 1.29 is 23.9 Å². The normalized spacial score (nSPS) is 27.5. The van der Waals surface area contributed by atoms with Crippen LogP contribution in [0.25, 0.3) is 0 Å². The molecular weight excluding hydrogens is 522 g/mol. The molecule has 2 N–H and O–H groups in total. The first-order chi connectivity index (χ1) is 19.8. The van der Waals surface area contributed by atoms with Crippen molar-refractivity contribution in [3.05, 3.63) is 29.8 Å². The van der Waals surface area contributed by atoms with E-state index in [1.165, 1.54) is 0 Å². The van der Waals surface area contributed by atoms with E-state index in [-0.39, 0.29) is 48.4 Å². The molecule has 5 rings (SSSR count). The molecule has 3 heterocycles. The van der Waals surface area contributed by atoms with Gasteiger partial charge in [-0.3, -0.25) is 19.3 Å². The van der Waals surface area contributed by atoms with Gasteiger partial charge in [0, 0.05) is 44.3 Å². The summed E-state index contributed by atoms with van der Waals surface area (Å²) in [6.07, 6.45) is 6.68. The molecule has 0 bridgehead atoms. The summed E-state index contributed by atoms with van der Waals surface area (Å²) in [5.41, 5.74) is 0.965. The number of benzene rings is 1. The van der Waals surface area contributed by atoms with Gasteiger partial charge in [0.2, 0.25) is 17.7 Å². The predicted molar refractivity (Wildman–Crippen MR) is 155 cm³/mol. The van der Waals surface area contributed by atoms with E-state index in [1.54, 1.807) is 4.90 Å². The number of fused-ring (bicyclic) bond motifs is 2. The lowest BCUT2D eigenvalue weighted by molar-refractivity contribution is -0.149. The van der Waals surface area contributed by atoms with Crippen LogP contribution in [0.2, 0.25) is 0 Å². The van der Waals surface area contributed by atoms with Gasteiger partial charge in [-0.1, -0.05) is 37.5 Å². The van der Waals surface area contributed by atoms with E-state index in [1.807, 2.05) is 50.2 Å². The number of rotatable bonds is 9. The molecule has 2 saturated heterocycles. The van der Waals surface area contributed by atoms with Crippen molar-refractivity contribution in [3.8, 4) is 5.75 Å². The molecule has 3 amide bonds. The van der Waals surface area contributed by atoms with Gasteiger partial charge in [0.25, 0.3) is 0 Å². The third-order valence-corrected chi connectivity index (χ3v) is 9.11. The van der Waals surface area contributed by atoms with Gasteiger partial charge >= 0.3 is 0 Å². The summed E-state index contributed by atoms with van der Waals surface area (Å²) in [4.78, 5) is 47.4. The van der Waals surface area contributed by atoms with Gasteiger partial charge in [-0.15, -0.1) is 0 Å². The highest BCUT2D eigenvalue weighted by Gasteiger charge is 2.47. The highest BCUT2D eigenvalue weighted by Crippen LogP contribution is 2.34. The number of hydrogen-bond acceptors (Lipinski definition) is 7. The number of amides is 3. The third kappa shape index (κ3) is 7.04. The molecule has 3 aliphatic heterocycles. The molecule has 4 aliphatic rings. The van der Waals surface area contributed by atoms with Crippen molar-refractivity contribution in [2.24, 2.45) is 5.92 Å². The zero-order valence-corrected chi connectivity index (χ0v) is 24.8. The Labute approximate surface area is 244 Å². The first-order valence-electron chi connectivity index (χ1n) is 15.5. The maximum Gasteiger partial charge on any atom is 0.246 e. The predicted octanol–water partition coefficient (Wildman–Crippen LogP) is 1.94. The van der Waals surface area contributed by atoms with Crippen LogP contribution in [0, 0.1) is 5.92 Å². The minimum Gasteiger partial charge on any atom is -0.493 e. The van der Waals surface area contributed by atoms with E-state index in [4.69, 9.17) is 9.47 Å².